The molecule has 1 aliphatic rings. The highest BCUT2D eigenvalue weighted by Crippen LogP contribution is 2.13. The lowest BCUT2D eigenvalue weighted by Gasteiger charge is -2.30. The minimum atomic E-state index is -0.959. The number of carboxylic acid groups (broad SMARTS) is 1. The van der Waals surface area contributed by atoms with Gasteiger partial charge in [-0.1, -0.05) is 0 Å². The number of carbonyl (C=O) groups is 2. The lowest BCUT2D eigenvalue weighted by Crippen LogP contribution is -2.43. The zero-order valence-corrected chi connectivity index (χ0v) is 10.8. The first kappa shape index (κ1) is 15.4. The standard InChI is InChI=1S/C12H19N3O4/c13-4-1-5-14-11(16)8-15-6-2-10(3-7-15)19-9-12(17)18/h10H,1-3,5-9H2,(H,14,16)(H,17,18). The van der Waals surface area contributed by atoms with E-state index in [0.29, 0.717) is 19.5 Å². The highest BCUT2D eigenvalue weighted by Gasteiger charge is 2.21. The monoisotopic (exact) mass is 269 g/mol. The summed E-state index contributed by atoms with van der Waals surface area (Å²) in [6, 6.07) is 1.96. The van der Waals surface area contributed by atoms with Crippen LogP contribution in [0, 0.1) is 11.3 Å². The minimum absolute atomic E-state index is 0.0333. The normalized spacial score (nSPS) is 16.8. The Balaban J connectivity index is 2.14. The van der Waals surface area contributed by atoms with Crippen LogP contribution in [0.1, 0.15) is 19.3 Å². The van der Waals surface area contributed by atoms with Crippen molar-refractivity contribution < 1.29 is 19.4 Å². The Bertz CT molecular complexity index is 345. The number of rotatable bonds is 7. The van der Waals surface area contributed by atoms with Crippen LogP contribution in [0.3, 0.4) is 0 Å². The summed E-state index contributed by atoms with van der Waals surface area (Å²) in [7, 11) is 0. The molecule has 0 atom stereocenters. The molecule has 0 aliphatic carbocycles. The largest absolute Gasteiger partial charge is 0.480 e. The Hall–Kier alpha value is -1.65. The van der Waals surface area contributed by atoms with Crippen LogP contribution in [0.4, 0.5) is 0 Å². The van der Waals surface area contributed by atoms with E-state index in [9.17, 15) is 9.59 Å². The molecule has 7 nitrogen and oxygen atoms in total. The van der Waals surface area contributed by atoms with Crippen LogP contribution in [0.5, 0.6) is 0 Å². The fraction of sp³-hybridized carbons (Fsp3) is 0.750. The summed E-state index contributed by atoms with van der Waals surface area (Å²) < 4.78 is 5.21. The van der Waals surface area contributed by atoms with E-state index in [-0.39, 0.29) is 18.6 Å². The van der Waals surface area contributed by atoms with Crippen molar-refractivity contribution in [3.05, 3.63) is 0 Å². The summed E-state index contributed by atoms with van der Waals surface area (Å²) in [5, 5.41) is 19.5. The van der Waals surface area contributed by atoms with E-state index in [4.69, 9.17) is 15.1 Å². The Morgan fingerprint density at radius 2 is 2.11 bits per heavy atom. The third-order valence-electron chi connectivity index (χ3n) is 2.90. The Labute approximate surface area is 112 Å². The number of ether oxygens (including phenoxy) is 1. The number of hydrogen-bond donors (Lipinski definition) is 2. The fourth-order valence-corrected chi connectivity index (χ4v) is 1.94. The summed E-state index contributed by atoms with van der Waals surface area (Å²) in [5.41, 5.74) is 0. The first-order valence-electron chi connectivity index (χ1n) is 6.31. The lowest BCUT2D eigenvalue weighted by molar-refractivity contribution is -0.145. The van der Waals surface area contributed by atoms with Crippen LogP contribution in [0.25, 0.3) is 0 Å². The quantitative estimate of drug-likeness (QED) is 0.609. The summed E-state index contributed by atoms with van der Waals surface area (Å²) in [6.45, 7) is 1.87. The molecule has 1 saturated heterocycles. The molecule has 0 aromatic carbocycles. The average molecular weight is 269 g/mol. The molecule has 0 aromatic heterocycles. The number of carbonyl (C=O) groups excluding carboxylic acids is 1. The van der Waals surface area contributed by atoms with Gasteiger partial charge in [0.2, 0.25) is 5.91 Å². The van der Waals surface area contributed by atoms with E-state index in [2.05, 4.69) is 5.32 Å². The van der Waals surface area contributed by atoms with Gasteiger partial charge in [0.15, 0.2) is 0 Å². The molecule has 1 amide bonds. The van der Waals surface area contributed by atoms with Gasteiger partial charge in [-0.25, -0.2) is 4.79 Å². The van der Waals surface area contributed by atoms with Gasteiger partial charge in [-0.3, -0.25) is 9.69 Å². The second kappa shape index (κ2) is 8.45. The van der Waals surface area contributed by atoms with Crippen molar-refractivity contribution in [2.24, 2.45) is 0 Å². The van der Waals surface area contributed by atoms with Gasteiger partial charge in [-0.05, 0) is 12.8 Å². The number of aliphatic carboxylic acids is 1. The lowest BCUT2D eigenvalue weighted by atomic mass is 10.1. The highest BCUT2D eigenvalue weighted by atomic mass is 16.5. The maximum Gasteiger partial charge on any atom is 0.329 e. The number of hydrogen-bond acceptors (Lipinski definition) is 5. The predicted molar refractivity (Wildman–Crippen MR) is 66.3 cm³/mol. The van der Waals surface area contributed by atoms with Gasteiger partial charge in [-0.15, -0.1) is 0 Å². The van der Waals surface area contributed by atoms with Crippen molar-refractivity contribution >= 4 is 11.9 Å². The smallest absolute Gasteiger partial charge is 0.329 e. The van der Waals surface area contributed by atoms with Crippen LogP contribution >= 0.6 is 0 Å². The third-order valence-corrected chi connectivity index (χ3v) is 2.90. The molecule has 0 radical (unpaired) electrons. The van der Waals surface area contributed by atoms with Gasteiger partial charge in [0.25, 0.3) is 0 Å². The number of piperidine rings is 1. The predicted octanol–water partition coefficient (Wildman–Crippen LogP) is -0.418. The number of carboxylic acids is 1. The molecule has 1 rings (SSSR count). The first-order chi connectivity index (χ1) is 9.11. The Morgan fingerprint density at radius 3 is 2.68 bits per heavy atom. The molecule has 0 unspecified atom stereocenters. The number of nitrogens with zero attached hydrogens (tertiary/aromatic N) is 2. The number of likely N-dealkylation sites (tertiary alicyclic amines) is 1. The summed E-state index contributed by atoms with van der Waals surface area (Å²) >= 11 is 0. The van der Waals surface area contributed by atoms with Crippen LogP contribution in [-0.2, 0) is 14.3 Å². The van der Waals surface area contributed by atoms with Crippen LogP contribution in [-0.4, -0.2) is 60.8 Å². The molecular formula is C12H19N3O4. The number of nitriles is 1. The molecule has 19 heavy (non-hydrogen) atoms. The second-order valence-corrected chi connectivity index (χ2v) is 4.44. The second-order valence-electron chi connectivity index (χ2n) is 4.44. The van der Waals surface area contributed by atoms with Gasteiger partial charge in [0, 0.05) is 19.6 Å². The molecule has 106 valence electrons. The molecular weight excluding hydrogens is 250 g/mol. The van der Waals surface area contributed by atoms with Crippen molar-refractivity contribution in [1.82, 2.24) is 10.2 Å². The van der Waals surface area contributed by atoms with Gasteiger partial charge >= 0.3 is 5.97 Å². The van der Waals surface area contributed by atoms with E-state index in [0.717, 1.165) is 25.9 Å². The van der Waals surface area contributed by atoms with Gasteiger partial charge < -0.3 is 15.2 Å². The number of amides is 1. The van der Waals surface area contributed by atoms with Crippen molar-refractivity contribution in [2.45, 2.75) is 25.4 Å². The molecule has 2 N–H and O–H groups in total. The molecule has 0 bridgehead atoms. The minimum Gasteiger partial charge on any atom is -0.480 e. The van der Waals surface area contributed by atoms with Gasteiger partial charge in [0.05, 0.1) is 25.1 Å². The first-order valence-corrected chi connectivity index (χ1v) is 6.31. The molecule has 0 aromatic rings. The van der Waals surface area contributed by atoms with E-state index < -0.39 is 5.97 Å². The maximum atomic E-state index is 11.5. The maximum absolute atomic E-state index is 11.5. The van der Waals surface area contributed by atoms with E-state index in [1.807, 2.05) is 11.0 Å². The van der Waals surface area contributed by atoms with E-state index >= 15 is 0 Å². The summed E-state index contributed by atoms with van der Waals surface area (Å²) in [5.74, 6) is -1.04. The van der Waals surface area contributed by atoms with Crippen LogP contribution < -0.4 is 5.32 Å². The van der Waals surface area contributed by atoms with E-state index in [1.54, 1.807) is 0 Å². The third kappa shape index (κ3) is 6.74. The van der Waals surface area contributed by atoms with E-state index in [1.165, 1.54) is 0 Å². The number of nitrogens with one attached hydrogen (secondary N) is 1. The molecule has 1 aliphatic heterocycles. The highest BCUT2D eigenvalue weighted by molar-refractivity contribution is 5.78. The topological polar surface area (TPSA) is 103 Å². The Morgan fingerprint density at radius 1 is 1.42 bits per heavy atom. The van der Waals surface area contributed by atoms with Crippen molar-refractivity contribution in [2.75, 3.05) is 32.8 Å². The van der Waals surface area contributed by atoms with Gasteiger partial charge in [-0.2, -0.15) is 5.26 Å². The van der Waals surface area contributed by atoms with Crippen molar-refractivity contribution in [3.63, 3.8) is 0 Å². The average Bonchev–Trinajstić information content (AvgIpc) is 2.38. The molecule has 0 spiro atoms. The van der Waals surface area contributed by atoms with Crippen LogP contribution in [0.2, 0.25) is 0 Å². The molecule has 1 heterocycles. The van der Waals surface area contributed by atoms with Crippen molar-refractivity contribution in [3.8, 4) is 6.07 Å². The van der Waals surface area contributed by atoms with Gasteiger partial charge in [0.1, 0.15) is 6.61 Å². The molecule has 1 fully saturated rings. The molecule has 0 saturated carbocycles. The fourth-order valence-electron chi connectivity index (χ4n) is 1.94. The Kier molecular flexibility index (Phi) is 6.85. The SMILES string of the molecule is N#CCCNC(=O)CN1CCC(OCC(=O)O)CC1. The zero-order valence-electron chi connectivity index (χ0n) is 10.8. The van der Waals surface area contributed by atoms with Crippen LogP contribution in [0.15, 0.2) is 0 Å². The summed E-state index contributed by atoms with van der Waals surface area (Å²) in [4.78, 5) is 23.9. The van der Waals surface area contributed by atoms with Crippen molar-refractivity contribution in [1.29, 1.82) is 5.26 Å². The molecule has 7 heteroatoms. The summed E-state index contributed by atoms with van der Waals surface area (Å²) in [6.07, 6.45) is 1.75. The zero-order chi connectivity index (χ0) is 14.1.